The molecule has 0 spiro atoms. The second-order valence-corrected chi connectivity index (χ2v) is 8.54. The summed E-state index contributed by atoms with van der Waals surface area (Å²) in [6, 6.07) is 7.48. The van der Waals surface area contributed by atoms with Gasteiger partial charge in [0.25, 0.3) is 5.56 Å². The first-order chi connectivity index (χ1) is 14.5. The van der Waals surface area contributed by atoms with E-state index in [0.29, 0.717) is 30.4 Å². The molecule has 1 aromatic carbocycles. The van der Waals surface area contributed by atoms with Gasteiger partial charge in [-0.05, 0) is 43.2 Å². The summed E-state index contributed by atoms with van der Waals surface area (Å²) in [4.78, 5) is 30.6. The Morgan fingerprint density at radius 2 is 1.97 bits per heavy atom. The molecule has 2 aromatic rings. The number of benzene rings is 1. The van der Waals surface area contributed by atoms with Gasteiger partial charge in [-0.25, -0.2) is 4.98 Å². The maximum absolute atomic E-state index is 13.2. The van der Waals surface area contributed by atoms with E-state index in [1.807, 2.05) is 31.2 Å². The van der Waals surface area contributed by atoms with Crippen molar-refractivity contribution in [2.24, 2.45) is 5.73 Å². The van der Waals surface area contributed by atoms with Gasteiger partial charge < -0.3 is 16.4 Å². The summed E-state index contributed by atoms with van der Waals surface area (Å²) in [7, 11) is 0. The average Bonchev–Trinajstić information content (AvgIpc) is 3.13. The van der Waals surface area contributed by atoms with Crippen molar-refractivity contribution in [3.8, 4) is 0 Å². The summed E-state index contributed by atoms with van der Waals surface area (Å²) in [5.74, 6) is 0.115. The van der Waals surface area contributed by atoms with Gasteiger partial charge in [0.2, 0.25) is 5.91 Å². The summed E-state index contributed by atoms with van der Waals surface area (Å²) >= 11 is 6.48. The Morgan fingerprint density at radius 3 is 2.57 bits per heavy atom. The van der Waals surface area contributed by atoms with Gasteiger partial charge in [0.05, 0.1) is 5.69 Å². The van der Waals surface area contributed by atoms with Crippen LogP contribution in [0.25, 0.3) is 0 Å². The van der Waals surface area contributed by atoms with Crippen molar-refractivity contribution in [2.75, 3.05) is 5.32 Å². The number of aromatic nitrogens is 2. The summed E-state index contributed by atoms with van der Waals surface area (Å²) in [5, 5.41) is 6.50. The number of carbonyl (C=O) groups excluding carboxylic acids is 1. The standard InChI is InChI=1S/C22H28ClN5O2/c1-2-15-10-17(21(29)25-12-14-8-6-13(11-24)7-9-14)28-18(15)19(23)27-20(22(28)30)26-16-4-3-5-16/h6-9,15-17H,2-5,10-12,24H2,1H3,(H,25,29)(H,26,27). The van der Waals surface area contributed by atoms with E-state index in [0.717, 1.165) is 36.8 Å². The summed E-state index contributed by atoms with van der Waals surface area (Å²) < 4.78 is 1.57. The van der Waals surface area contributed by atoms with Crippen LogP contribution >= 0.6 is 11.6 Å². The average molecular weight is 430 g/mol. The topological polar surface area (TPSA) is 102 Å². The van der Waals surface area contributed by atoms with E-state index >= 15 is 0 Å². The van der Waals surface area contributed by atoms with E-state index in [-0.39, 0.29) is 29.2 Å². The van der Waals surface area contributed by atoms with Gasteiger partial charge in [-0.15, -0.1) is 0 Å². The highest BCUT2D eigenvalue weighted by Gasteiger charge is 2.38. The van der Waals surface area contributed by atoms with Crippen LogP contribution < -0.4 is 21.9 Å². The number of anilines is 1. The fraction of sp³-hybridized carbons (Fsp3) is 0.500. The van der Waals surface area contributed by atoms with Crippen LogP contribution in [-0.2, 0) is 17.9 Å². The van der Waals surface area contributed by atoms with Crippen molar-refractivity contribution >= 4 is 23.3 Å². The highest BCUT2D eigenvalue weighted by Crippen LogP contribution is 2.40. The number of nitrogens with one attached hydrogen (secondary N) is 2. The molecule has 2 atom stereocenters. The van der Waals surface area contributed by atoms with Crippen molar-refractivity contribution < 1.29 is 4.79 Å². The lowest BCUT2D eigenvalue weighted by molar-refractivity contribution is -0.124. The van der Waals surface area contributed by atoms with Crippen molar-refractivity contribution in [2.45, 2.75) is 70.1 Å². The molecule has 0 bridgehead atoms. The molecule has 0 saturated heterocycles. The number of halogens is 1. The molecule has 4 rings (SSSR count). The third kappa shape index (κ3) is 3.96. The van der Waals surface area contributed by atoms with E-state index in [1.54, 1.807) is 4.57 Å². The molecule has 30 heavy (non-hydrogen) atoms. The zero-order valence-electron chi connectivity index (χ0n) is 17.2. The quantitative estimate of drug-likeness (QED) is 0.627. The molecule has 1 aromatic heterocycles. The molecule has 1 aliphatic heterocycles. The lowest BCUT2D eigenvalue weighted by Gasteiger charge is -2.27. The molecular weight excluding hydrogens is 402 g/mol. The van der Waals surface area contributed by atoms with Crippen LogP contribution in [0.15, 0.2) is 29.1 Å². The Labute approximate surface area is 181 Å². The SMILES string of the molecule is CCC1CC(C(=O)NCc2ccc(CN)cc2)n2c1c(Cl)nc(NC1CCC1)c2=O. The summed E-state index contributed by atoms with van der Waals surface area (Å²) in [5.41, 5.74) is 8.08. The largest absolute Gasteiger partial charge is 0.363 e. The lowest BCUT2D eigenvalue weighted by Crippen LogP contribution is -2.38. The van der Waals surface area contributed by atoms with Crippen molar-refractivity contribution in [1.29, 1.82) is 0 Å². The second-order valence-electron chi connectivity index (χ2n) is 8.18. The molecule has 4 N–H and O–H groups in total. The van der Waals surface area contributed by atoms with Gasteiger partial charge in [-0.1, -0.05) is 42.8 Å². The van der Waals surface area contributed by atoms with Gasteiger partial charge in [-0.2, -0.15) is 0 Å². The number of amides is 1. The molecule has 1 amide bonds. The molecule has 1 aliphatic carbocycles. The fourth-order valence-electron chi connectivity index (χ4n) is 4.21. The Morgan fingerprint density at radius 1 is 1.27 bits per heavy atom. The van der Waals surface area contributed by atoms with E-state index in [9.17, 15) is 9.59 Å². The van der Waals surface area contributed by atoms with Gasteiger partial charge in [0, 0.05) is 25.0 Å². The van der Waals surface area contributed by atoms with Crippen LogP contribution in [0.1, 0.15) is 67.8 Å². The van der Waals surface area contributed by atoms with Crippen molar-refractivity contribution in [1.82, 2.24) is 14.9 Å². The van der Waals surface area contributed by atoms with Crippen LogP contribution in [-0.4, -0.2) is 21.5 Å². The lowest BCUT2D eigenvalue weighted by atomic mass is 9.93. The molecule has 2 aliphatic rings. The zero-order valence-corrected chi connectivity index (χ0v) is 17.9. The number of rotatable bonds is 7. The third-order valence-electron chi connectivity index (χ3n) is 6.28. The smallest absolute Gasteiger partial charge is 0.294 e. The number of hydrogen-bond acceptors (Lipinski definition) is 5. The van der Waals surface area contributed by atoms with Crippen LogP contribution in [0.4, 0.5) is 5.82 Å². The highest BCUT2D eigenvalue weighted by atomic mass is 35.5. The molecule has 1 fully saturated rings. The first-order valence-corrected chi connectivity index (χ1v) is 11.0. The number of nitrogens with two attached hydrogens (primary N) is 1. The summed E-state index contributed by atoms with van der Waals surface area (Å²) in [6.07, 6.45) is 4.53. The minimum Gasteiger partial charge on any atom is -0.363 e. The summed E-state index contributed by atoms with van der Waals surface area (Å²) in [6.45, 7) is 2.92. The molecule has 7 nitrogen and oxygen atoms in total. The number of nitrogens with zero attached hydrogens (tertiary/aromatic N) is 2. The number of carbonyl (C=O) groups is 1. The molecule has 0 radical (unpaired) electrons. The molecule has 2 heterocycles. The van der Waals surface area contributed by atoms with Gasteiger partial charge in [0.15, 0.2) is 11.0 Å². The monoisotopic (exact) mass is 429 g/mol. The molecule has 1 saturated carbocycles. The normalized spacial score (nSPS) is 20.5. The fourth-order valence-corrected chi connectivity index (χ4v) is 4.54. The first-order valence-electron chi connectivity index (χ1n) is 10.7. The van der Waals surface area contributed by atoms with E-state index in [2.05, 4.69) is 15.6 Å². The predicted molar refractivity (Wildman–Crippen MR) is 118 cm³/mol. The van der Waals surface area contributed by atoms with Crippen LogP contribution in [0.5, 0.6) is 0 Å². The van der Waals surface area contributed by atoms with Crippen LogP contribution in [0.3, 0.4) is 0 Å². The third-order valence-corrected chi connectivity index (χ3v) is 6.55. The van der Waals surface area contributed by atoms with Gasteiger partial charge >= 0.3 is 0 Å². The Hall–Kier alpha value is -2.38. The first kappa shape index (κ1) is 20.9. The number of fused-ring (bicyclic) bond motifs is 1. The van der Waals surface area contributed by atoms with E-state index < -0.39 is 6.04 Å². The molecule has 8 heteroatoms. The Kier molecular flexibility index (Phi) is 6.11. The highest BCUT2D eigenvalue weighted by molar-refractivity contribution is 6.30. The second kappa shape index (κ2) is 8.78. The van der Waals surface area contributed by atoms with Gasteiger partial charge in [-0.3, -0.25) is 14.2 Å². The predicted octanol–water partition coefficient (Wildman–Crippen LogP) is 3.07. The Bertz CT molecular complexity index is 984. The maximum atomic E-state index is 13.2. The minimum atomic E-state index is -0.580. The maximum Gasteiger partial charge on any atom is 0.294 e. The molecule has 160 valence electrons. The molecular formula is C22H28ClN5O2. The number of hydrogen-bond donors (Lipinski definition) is 3. The van der Waals surface area contributed by atoms with Crippen molar-refractivity contribution in [3.05, 3.63) is 56.6 Å². The zero-order chi connectivity index (χ0) is 21.3. The van der Waals surface area contributed by atoms with Crippen molar-refractivity contribution in [3.63, 3.8) is 0 Å². The van der Waals surface area contributed by atoms with Crippen LogP contribution in [0, 0.1) is 0 Å². The Balaban J connectivity index is 1.57. The van der Waals surface area contributed by atoms with E-state index in [1.165, 1.54) is 0 Å². The minimum absolute atomic E-state index is 0.0371. The van der Waals surface area contributed by atoms with Crippen LogP contribution in [0.2, 0.25) is 5.15 Å². The van der Waals surface area contributed by atoms with E-state index in [4.69, 9.17) is 17.3 Å². The molecule has 2 unspecified atom stereocenters. The van der Waals surface area contributed by atoms with Gasteiger partial charge in [0.1, 0.15) is 6.04 Å².